The van der Waals surface area contributed by atoms with Crippen molar-refractivity contribution >= 4 is 17.7 Å². The highest BCUT2D eigenvalue weighted by Gasteiger charge is 2.77. The first-order chi connectivity index (χ1) is 14.6. The lowest BCUT2D eigenvalue weighted by molar-refractivity contribution is -0.146. The third-order valence-electron chi connectivity index (χ3n) is 7.66. The van der Waals surface area contributed by atoms with Crippen molar-refractivity contribution in [2.24, 2.45) is 11.8 Å². The molecule has 0 radical (unpaired) electrons. The molecule has 2 saturated carbocycles. The van der Waals surface area contributed by atoms with Crippen LogP contribution in [0.25, 0.3) is 0 Å². The van der Waals surface area contributed by atoms with Crippen molar-refractivity contribution in [3.8, 4) is 0 Å². The van der Waals surface area contributed by atoms with Gasteiger partial charge < -0.3 is 20.3 Å². The molecule has 1 spiro atoms. The predicted molar refractivity (Wildman–Crippen MR) is 115 cm³/mol. The molecule has 170 valence electrons. The van der Waals surface area contributed by atoms with Crippen molar-refractivity contribution in [1.29, 1.82) is 0 Å². The van der Waals surface area contributed by atoms with Gasteiger partial charge in [-0.3, -0.25) is 14.4 Å². The van der Waals surface area contributed by atoms with Crippen LogP contribution in [0.2, 0.25) is 0 Å². The van der Waals surface area contributed by atoms with E-state index in [1.165, 1.54) is 6.42 Å². The Hall–Kier alpha value is -1.89. The number of carbonyl (C=O) groups is 3. The number of hydrogen-bond acceptors (Lipinski definition) is 4. The molecule has 2 saturated heterocycles. The van der Waals surface area contributed by atoms with Crippen molar-refractivity contribution in [1.82, 2.24) is 15.5 Å². The van der Waals surface area contributed by atoms with E-state index in [-0.39, 0.29) is 29.8 Å². The van der Waals surface area contributed by atoms with Gasteiger partial charge in [0.1, 0.15) is 11.6 Å². The number of carbonyl (C=O) groups excluding carboxylic acids is 3. The molecule has 7 nitrogen and oxygen atoms in total. The summed E-state index contributed by atoms with van der Waals surface area (Å²) in [5.74, 6) is -1.67. The first-order valence-electron chi connectivity index (χ1n) is 11.9. The minimum Gasteiger partial charge on any atom is -0.356 e. The molecule has 3 amide bonds. The minimum atomic E-state index is -1.07. The first kappa shape index (κ1) is 21.0. The van der Waals surface area contributed by atoms with Crippen LogP contribution in [-0.2, 0) is 19.1 Å². The first-order valence-corrected chi connectivity index (χ1v) is 11.9. The van der Waals surface area contributed by atoms with E-state index in [0.717, 1.165) is 38.5 Å². The molecule has 5 aliphatic rings. The van der Waals surface area contributed by atoms with Crippen molar-refractivity contribution in [2.45, 2.75) is 108 Å². The van der Waals surface area contributed by atoms with E-state index in [4.69, 9.17) is 4.74 Å². The Morgan fingerprint density at radius 3 is 2.35 bits per heavy atom. The van der Waals surface area contributed by atoms with Gasteiger partial charge in [-0.05, 0) is 53.4 Å². The molecular formula is C24H35N3O4. The largest absolute Gasteiger partial charge is 0.356 e. The van der Waals surface area contributed by atoms with Crippen LogP contribution in [0, 0.1) is 11.8 Å². The van der Waals surface area contributed by atoms with Gasteiger partial charge in [-0.25, -0.2) is 0 Å². The van der Waals surface area contributed by atoms with Crippen LogP contribution in [0.5, 0.6) is 0 Å². The van der Waals surface area contributed by atoms with Crippen molar-refractivity contribution in [3.63, 3.8) is 0 Å². The summed E-state index contributed by atoms with van der Waals surface area (Å²) in [5, 5.41) is 6.28. The van der Waals surface area contributed by atoms with E-state index in [9.17, 15) is 14.4 Å². The second-order valence-corrected chi connectivity index (χ2v) is 11.4. The Balaban J connectivity index is 1.48. The summed E-state index contributed by atoms with van der Waals surface area (Å²) >= 11 is 0. The molecule has 7 heteroatoms. The molecule has 0 unspecified atom stereocenters. The summed E-state index contributed by atoms with van der Waals surface area (Å²) in [7, 11) is 0. The monoisotopic (exact) mass is 429 g/mol. The van der Waals surface area contributed by atoms with Crippen molar-refractivity contribution < 1.29 is 19.1 Å². The number of hydrogen-bond donors (Lipinski definition) is 2. The fourth-order valence-corrected chi connectivity index (χ4v) is 6.29. The fourth-order valence-electron chi connectivity index (χ4n) is 6.29. The highest BCUT2D eigenvalue weighted by atomic mass is 16.5. The van der Waals surface area contributed by atoms with Gasteiger partial charge in [0.25, 0.3) is 0 Å². The van der Waals surface area contributed by atoms with Crippen LogP contribution in [0.1, 0.15) is 72.6 Å². The smallest absolute Gasteiger partial charge is 0.246 e. The molecule has 5 rings (SSSR count). The maximum absolute atomic E-state index is 13.7. The average molecular weight is 430 g/mol. The van der Waals surface area contributed by atoms with E-state index in [0.29, 0.717) is 0 Å². The maximum atomic E-state index is 13.7. The van der Waals surface area contributed by atoms with Crippen LogP contribution in [0.3, 0.4) is 0 Å². The number of amides is 3. The summed E-state index contributed by atoms with van der Waals surface area (Å²) in [6.45, 7) is 7.68. The fraction of sp³-hybridized carbons (Fsp3) is 0.792. The van der Waals surface area contributed by atoms with E-state index in [1.54, 1.807) is 4.90 Å². The van der Waals surface area contributed by atoms with E-state index >= 15 is 0 Å². The van der Waals surface area contributed by atoms with Crippen LogP contribution in [-0.4, -0.2) is 57.5 Å². The summed E-state index contributed by atoms with van der Waals surface area (Å²) in [6, 6.07) is -0.503. The van der Waals surface area contributed by atoms with Gasteiger partial charge in [0, 0.05) is 17.6 Å². The quantitative estimate of drug-likeness (QED) is 0.670. The Morgan fingerprint density at radius 2 is 1.74 bits per heavy atom. The number of nitrogens with one attached hydrogen (secondary N) is 2. The Labute approximate surface area is 184 Å². The van der Waals surface area contributed by atoms with Crippen LogP contribution in [0.15, 0.2) is 12.2 Å². The molecule has 4 fully saturated rings. The highest BCUT2D eigenvalue weighted by Crippen LogP contribution is 2.61. The maximum Gasteiger partial charge on any atom is 0.246 e. The summed E-state index contributed by atoms with van der Waals surface area (Å²) in [4.78, 5) is 42.4. The van der Waals surface area contributed by atoms with Gasteiger partial charge >= 0.3 is 0 Å². The van der Waals surface area contributed by atoms with Crippen molar-refractivity contribution in [3.05, 3.63) is 12.2 Å². The second kappa shape index (κ2) is 6.80. The van der Waals surface area contributed by atoms with Gasteiger partial charge in [-0.2, -0.15) is 0 Å². The molecule has 3 heterocycles. The second-order valence-electron chi connectivity index (χ2n) is 11.4. The number of likely N-dealkylation sites (tertiary alicyclic amines) is 1. The molecule has 2 aliphatic carbocycles. The van der Waals surface area contributed by atoms with Crippen molar-refractivity contribution in [2.75, 3.05) is 0 Å². The zero-order chi connectivity index (χ0) is 22.2. The van der Waals surface area contributed by atoms with Gasteiger partial charge in [0.2, 0.25) is 17.7 Å². The normalized spacial score (nSPS) is 39.7. The number of rotatable bonds is 4. The average Bonchev–Trinajstić information content (AvgIpc) is 3.34. The molecule has 2 N–H and O–H groups in total. The lowest BCUT2D eigenvalue weighted by Crippen LogP contribution is -2.58. The van der Waals surface area contributed by atoms with Crippen LogP contribution in [0.4, 0.5) is 0 Å². The van der Waals surface area contributed by atoms with Crippen LogP contribution >= 0.6 is 0 Å². The molecule has 0 aromatic rings. The summed E-state index contributed by atoms with van der Waals surface area (Å²) in [5.41, 5.74) is -2.36. The zero-order valence-corrected chi connectivity index (χ0v) is 19.1. The van der Waals surface area contributed by atoms with E-state index in [1.807, 2.05) is 39.8 Å². The Bertz CT molecular complexity index is 838. The van der Waals surface area contributed by atoms with Gasteiger partial charge in [0.05, 0.1) is 17.4 Å². The molecule has 2 bridgehead atoms. The summed E-state index contributed by atoms with van der Waals surface area (Å²) in [6.07, 6.45) is 11.0. The molecule has 3 aliphatic heterocycles. The number of fused-ring (bicyclic) bond motifs is 1. The van der Waals surface area contributed by atoms with Gasteiger partial charge in [0.15, 0.2) is 0 Å². The molecule has 0 aromatic heterocycles. The van der Waals surface area contributed by atoms with E-state index < -0.39 is 34.6 Å². The third kappa shape index (κ3) is 3.22. The SMILES string of the molecule is CC(C)(C)NC(=O)[C@H]1N(C2CC2)C(=O)[C@@H]2[C@H](C(=O)NC3CCCCC3)[C@@]3(C)C=C[C@@]21O3. The minimum absolute atomic E-state index is 0.0640. The predicted octanol–water partition coefficient (Wildman–Crippen LogP) is 2.05. The van der Waals surface area contributed by atoms with Gasteiger partial charge in [-0.1, -0.05) is 31.4 Å². The third-order valence-corrected chi connectivity index (χ3v) is 7.66. The molecular weight excluding hydrogens is 394 g/mol. The van der Waals surface area contributed by atoms with Gasteiger partial charge in [-0.15, -0.1) is 0 Å². The number of nitrogens with zero attached hydrogens (tertiary/aromatic N) is 1. The van der Waals surface area contributed by atoms with Crippen LogP contribution < -0.4 is 10.6 Å². The Kier molecular flexibility index (Phi) is 4.60. The molecule has 31 heavy (non-hydrogen) atoms. The summed E-state index contributed by atoms with van der Waals surface area (Å²) < 4.78 is 6.53. The molecule has 5 atom stereocenters. The molecule has 0 aromatic carbocycles. The highest BCUT2D eigenvalue weighted by molar-refractivity contribution is 6.00. The Morgan fingerprint density at radius 1 is 1.06 bits per heavy atom. The topological polar surface area (TPSA) is 87.7 Å². The zero-order valence-electron chi connectivity index (χ0n) is 19.1. The number of ether oxygens (including phenoxy) is 1. The van der Waals surface area contributed by atoms with E-state index in [2.05, 4.69) is 10.6 Å². The lowest BCUT2D eigenvalue weighted by atomic mass is 9.70. The lowest BCUT2D eigenvalue weighted by Gasteiger charge is -2.35. The standard InChI is InChI=1S/C24H35N3O4/c1-22(2,3)26-20(29)18-24-13-12-23(4,31-24)16(17(24)21(30)27(18)15-10-11-15)19(28)25-14-8-6-5-7-9-14/h12-18H,5-11H2,1-4H3,(H,25,28)(H,26,29)/t16-,17+,18-,23-,24-/m1/s1.